The molecule has 1 saturated heterocycles. The number of halogens is 1. The summed E-state index contributed by atoms with van der Waals surface area (Å²) in [5.74, 6) is -0.409. The summed E-state index contributed by atoms with van der Waals surface area (Å²) in [7, 11) is 0. The predicted octanol–water partition coefficient (Wildman–Crippen LogP) is 1.94. The molecule has 0 aliphatic carbocycles. The Morgan fingerprint density at radius 3 is 2.89 bits per heavy atom. The van der Waals surface area contributed by atoms with Gasteiger partial charge in [0.2, 0.25) is 5.91 Å². The van der Waals surface area contributed by atoms with Gasteiger partial charge in [-0.05, 0) is 37.9 Å². The summed E-state index contributed by atoms with van der Waals surface area (Å²) in [6.45, 7) is 4.39. The Morgan fingerprint density at radius 2 is 2.32 bits per heavy atom. The topological polar surface area (TPSA) is 64.9 Å². The van der Waals surface area contributed by atoms with Crippen LogP contribution in [0.3, 0.4) is 0 Å². The van der Waals surface area contributed by atoms with Gasteiger partial charge in [-0.2, -0.15) is 5.26 Å². The molecule has 2 rings (SSSR count). The fourth-order valence-electron chi connectivity index (χ4n) is 2.27. The summed E-state index contributed by atoms with van der Waals surface area (Å²) in [5.41, 5.74) is 0.909. The quantitative estimate of drug-likeness (QED) is 0.855. The minimum absolute atomic E-state index is 0.178. The fourth-order valence-corrected chi connectivity index (χ4v) is 2.27. The molecule has 1 fully saturated rings. The van der Waals surface area contributed by atoms with Gasteiger partial charge in [-0.3, -0.25) is 4.79 Å². The minimum atomic E-state index is -0.484. The highest BCUT2D eigenvalue weighted by Crippen LogP contribution is 2.22. The molecule has 1 aliphatic heterocycles. The van der Waals surface area contributed by atoms with E-state index in [-0.39, 0.29) is 23.4 Å². The molecule has 0 saturated carbocycles. The monoisotopic (exact) mass is 261 g/mol. The lowest BCUT2D eigenvalue weighted by Gasteiger charge is -2.17. The molecule has 1 aliphatic rings. The van der Waals surface area contributed by atoms with Gasteiger partial charge in [-0.15, -0.1) is 0 Å². The second kappa shape index (κ2) is 5.37. The van der Waals surface area contributed by atoms with E-state index in [0.29, 0.717) is 11.3 Å². The highest BCUT2D eigenvalue weighted by molar-refractivity contribution is 5.96. The molecule has 1 aromatic carbocycles. The number of anilines is 1. The van der Waals surface area contributed by atoms with E-state index in [1.54, 1.807) is 6.92 Å². The molecule has 0 radical (unpaired) electrons. The van der Waals surface area contributed by atoms with E-state index in [4.69, 9.17) is 5.26 Å². The molecule has 0 spiro atoms. The number of hydrogen-bond acceptors (Lipinski definition) is 3. The second-order valence-electron chi connectivity index (χ2n) is 4.93. The van der Waals surface area contributed by atoms with Crippen LogP contribution in [-0.2, 0) is 4.79 Å². The number of carbonyl (C=O) groups is 1. The lowest BCUT2D eigenvalue weighted by Crippen LogP contribution is -2.39. The van der Waals surface area contributed by atoms with E-state index >= 15 is 0 Å². The Kier molecular flexibility index (Phi) is 3.82. The van der Waals surface area contributed by atoms with Gasteiger partial charge in [-0.1, -0.05) is 6.92 Å². The van der Waals surface area contributed by atoms with Gasteiger partial charge in [0.15, 0.2) is 0 Å². The first-order chi connectivity index (χ1) is 9.02. The Balaban J connectivity index is 2.21. The molecule has 2 N–H and O–H groups in total. The number of nitrogens with one attached hydrogen (secondary N) is 2. The molecular formula is C14H16FN3O. The lowest BCUT2D eigenvalue weighted by molar-refractivity contribution is -0.118. The van der Waals surface area contributed by atoms with Crippen molar-refractivity contribution in [1.29, 1.82) is 5.26 Å². The van der Waals surface area contributed by atoms with Crippen molar-refractivity contribution in [3.63, 3.8) is 0 Å². The third kappa shape index (κ3) is 2.74. The first-order valence-electron chi connectivity index (χ1n) is 6.27. The summed E-state index contributed by atoms with van der Waals surface area (Å²) in [5, 5.41) is 14.6. The van der Waals surface area contributed by atoms with Crippen LogP contribution in [0.1, 0.15) is 24.5 Å². The van der Waals surface area contributed by atoms with Crippen molar-refractivity contribution >= 4 is 11.6 Å². The summed E-state index contributed by atoms with van der Waals surface area (Å²) < 4.78 is 13.6. The molecule has 2 atom stereocenters. The van der Waals surface area contributed by atoms with Crippen molar-refractivity contribution in [2.24, 2.45) is 5.92 Å². The van der Waals surface area contributed by atoms with Gasteiger partial charge in [0, 0.05) is 11.3 Å². The maximum Gasteiger partial charge on any atom is 0.241 e. The minimum Gasteiger partial charge on any atom is -0.324 e. The van der Waals surface area contributed by atoms with E-state index in [1.165, 1.54) is 12.1 Å². The molecule has 5 heteroatoms. The van der Waals surface area contributed by atoms with Gasteiger partial charge in [0.1, 0.15) is 5.82 Å². The second-order valence-corrected chi connectivity index (χ2v) is 4.93. The SMILES string of the molecule is Cc1c(F)cc(C#N)cc1NC(=O)C1NCCC1C. The molecule has 1 amide bonds. The van der Waals surface area contributed by atoms with Crippen LogP contribution in [0.25, 0.3) is 0 Å². The standard InChI is InChI=1S/C14H16FN3O/c1-8-3-4-17-13(8)14(19)18-12-6-10(7-16)5-11(15)9(12)2/h5-6,8,13,17H,3-4H2,1-2H3,(H,18,19). The molecular weight excluding hydrogens is 245 g/mol. The van der Waals surface area contributed by atoms with Crippen LogP contribution in [0.4, 0.5) is 10.1 Å². The molecule has 1 heterocycles. The van der Waals surface area contributed by atoms with Crippen molar-refractivity contribution in [2.75, 3.05) is 11.9 Å². The van der Waals surface area contributed by atoms with E-state index in [9.17, 15) is 9.18 Å². The van der Waals surface area contributed by atoms with Crippen molar-refractivity contribution in [3.05, 3.63) is 29.1 Å². The van der Waals surface area contributed by atoms with Gasteiger partial charge in [0.25, 0.3) is 0 Å². The van der Waals surface area contributed by atoms with Crippen LogP contribution in [0.2, 0.25) is 0 Å². The number of nitrogens with zero attached hydrogens (tertiary/aromatic N) is 1. The van der Waals surface area contributed by atoms with Crippen LogP contribution in [0, 0.1) is 30.0 Å². The number of amides is 1. The van der Waals surface area contributed by atoms with Crippen LogP contribution in [0.15, 0.2) is 12.1 Å². The number of benzene rings is 1. The largest absolute Gasteiger partial charge is 0.324 e. The van der Waals surface area contributed by atoms with Gasteiger partial charge in [0.05, 0.1) is 17.7 Å². The molecule has 1 aromatic rings. The number of carbonyl (C=O) groups excluding carboxylic acids is 1. The molecule has 19 heavy (non-hydrogen) atoms. The van der Waals surface area contributed by atoms with Crippen molar-refractivity contribution in [1.82, 2.24) is 5.32 Å². The first kappa shape index (κ1) is 13.5. The molecule has 2 unspecified atom stereocenters. The first-order valence-corrected chi connectivity index (χ1v) is 6.27. The molecule has 0 bridgehead atoms. The summed E-state index contributed by atoms with van der Waals surface area (Å²) in [4.78, 5) is 12.1. The summed E-state index contributed by atoms with van der Waals surface area (Å²) in [6.07, 6.45) is 0.948. The Hall–Kier alpha value is -1.93. The molecule has 0 aromatic heterocycles. The maximum atomic E-state index is 13.6. The van der Waals surface area contributed by atoms with Crippen LogP contribution >= 0.6 is 0 Å². The number of nitriles is 1. The summed E-state index contributed by atoms with van der Waals surface area (Å²) in [6, 6.07) is 4.29. The van der Waals surface area contributed by atoms with Crippen LogP contribution in [-0.4, -0.2) is 18.5 Å². The average molecular weight is 261 g/mol. The average Bonchev–Trinajstić information content (AvgIpc) is 2.80. The van der Waals surface area contributed by atoms with E-state index in [1.807, 2.05) is 13.0 Å². The van der Waals surface area contributed by atoms with Crippen molar-refractivity contribution in [3.8, 4) is 6.07 Å². The van der Waals surface area contributed by atoms with E-state index in [0.717, 1.165) is 13.0 Å². The summed E-state index contributed by atoms with van der Waals surface area (Å²) >= 11 is 0. The fraction of sp³-hybridized carbons (Fsp3) is 0.429. The maximum absolute atomic E-state index is 13.6. The van der Waals surface area contributed by atoms with E-state index < -0.39 is 5.82 Å². The normalized spacial score (nSPS) is 22.0. The predicted molar refractivity (Wildman–Crippen MR) is 70.1 cm³/mol. The molecule has 100 valence electrons. The zero-order valence-electron chi connectivity index (χ0n) is 11.0. The van der Waals surface area contributed by atoms with Crippen molar-refractivity contribution in [2.45, 2.75) is 26.3 Å². The highest BCUT2D eigenvalue weighted by atomic mass is 19.1. The molecule has 4 nitrogen and oxygen atoms in total. The van der Waals surface area contributed by atoms with Crippen molar-refractivity contribution < 1.29 is 9.18 Å². The van der Waals surface area contributed by atoms with Gasteiger partial charge < -0.3 is 10.6 Å². The van der Waals surface area contributed by atoms with Crippen LogP contribution < -0.4 is 10.6 Å². The van der Waals surface area contributed by atoms with Gasteiger partial charge in [-0.25, -0.2) is 4.39 Å². The smallest absolute Gasteiger partial charge is 0.241 e. The van der Waals surface area contributed by atoms with Crippen LogP contribution in [0.5, 0.6) is 0 Å². The number of rotatable bonds is 2. The third-order valence-electron chi connectivity index (χ3n) is 3.55. The Labute approximate surface area is 111 Å². The Morgan fingerprint density at radius 1 is 1.58 bits per heavy atom. The Bertz CT molecular complexity index is 550. The van der Waals surface area contributed by atoms with E-state index in [2.05, 4.69) is 10.6 Å². The van der Waals surface area contributed by atoms with Gasteiger partial charge >= 0.3 is 0 Å². The zero-order chi connectivity index (χ0) is 14.0. The lowest BCUT2D eigenvalue weighted by atomic mass is 10.0. The highest BCUT2D eigenvalue weighted by Gasteiger charge is 2.29. The number of hydrogen-bond donors (Lipinski definition) is 2. The zero-order valence-corrected chi connectivity index (χ0v) is 11.0. The third-order valence-corrected chi connectivity index (χ3v) is 3.55.